The second-order valence-corrected chi connectivity index (χ2v) is 8.48. The molecule has 1 fully saturated rings. The molecule has 7 heteroatoms. The van der Waals surface area contributed by atoms with E-state index in [2.05, 4.69) is 34.6 Å². The van der Waals surface area contributed by atoms with E-state index < -0.39 is 0 Å². The van der Waals surface area contributed by atoms with Crippen LogP contribution in [0.5, 0.6) is 0 Å². The number of benzene rings is 1. The van der Waals surface area contributed by atoms with E-state index in [-0.39, 0.29) is 6.04 Å². The molecule has 1 aromatic heterocycles. The van der Waals surface area contributed by atoms with Gasteiger partial charge in [-0.1, -0.05) is 49.9 Å². The zero-order valence-electron chi connectivity index (χ0n) is 16.1. The second kappa shape index (κ2) is 10.2. The normalized spacial score (nSPS) is 17.2. The number of nitrogens with one attached hydrogen (secondary N) is 1. The monoisotopic (exact) mass is 405 g/mol. The Hall–Kier alpha value is -1.37. The van der Waals surface area contributed by atoms with Gasteiger partial charge in [0.15, 0.2) is 5.16 Å². The fourth-order valence-electron chi connectivity index (χ4n) is 3.29. The summed E-state index contributed by atoms with van der Waals surface area (Å²) in [6.07, 6.45) is 9.00. The molecule has 1 heterocycles. The second-order valence-electron chi connectivity index (χ2n) is 7.05. The van der Waals surface area contributed by atoms with E-state index in [9.17, 15) is 0 Å². The van der Waals surface area contributed by atoms with E-state index in [1.54, 1.807) is 18.1 Å². The smallest absolute Gasteiger partial charge is 0.196 e. The molecule has 0 aliphatic heterocycles. The van der Waals surface area contributed by atoms with Crippen LogP contribution in [-0.2, 0) is 13.6 Å². The van der Waals surface area contributed by atoms with Gasteiger partial charge in [-0.3, -0.25) is 4.99 Å². The van der Waals surface area contributed by atoms with Gasteiger partial charge in [0.1, 0.15) is 6.33 Å². The molecule has 0 bridgehead atoms. The van der Waals surface area contributed by atoms with Crippen LogP contribution in [0.15, 0.2) is 40.7 Å². The van der Waals surface area contributed by atoms with E-state index in [0.29, 0.717) is 6.04 Å². The fraction of sp³-hybridized carbons (Fsp3) is 0.550. The lowest BCUT2D eigenvalue weighted by Crippen LogP contribution is -2.35. The first-order valence-corrected chi connectivity index (χ1v) is 10.9. The average Bonchev–Trinajstić information content (AvgIpc) is 3.09. The zero-order chi connectivity index (χ0) is 19.1. The van der Waals surface area contributed by atoms with Crippen molar-refractivity contribution in [3.8, 4) is 0 Å². The average molecular weight is 406 g/mol. The van der Waals surface area contributed by atoms with Crippen LogP contribution < -0.4 is 5.32 Å². The summed E-state index contributed by atoms with van der Waals surface area (Å²) in [6, 6.07) is 8.63. The summed E-state index contributed by atoms with van der Waals surface area (Å²) in [4.78, 5) is 5.16. The number of halogens is 1. The van der Waals surface area contributed by atoms with Gasteiger partial charge in [-0.2, -0.15) is 0 Å². The third kappa shape index (κ3) is 6.06. The molecule has 1 aliphatic carbocycles. The maximum absolute atomic E-state index is 6.00. The van der Waals surface area contributed by atoms with Crippen LogP contribution in [0.3, 0.4) is 0 Å². The molecule has 0 radical (unpaired) electrons. The van der Waals surface area contributed by atoms with E-state index in [0.717, 1.165) is 28.2 Å². The molecule has 1 saturated carbocycles. The van der Waals surface area contributed by atoms with Crippen LogP contribution in [-0.4, -0.2) is 31.9 Å². The van der Waals surface area contributed by atoms with Crippen molar-refractivity contribution >= 4 is 28.4 Å². The Bertz CT molecular complexity index is 737. The summed E-state index contributed by atoms with van der Waals surface area (Å²) in [5, 5.41) is 14.7. The van der Waals surface area contributed by atoms with Crippen LogP contribution in [0.1, 0.15) is 51.0 Å². The van der Waals surface area contributed by atoms with Crippen molar-refractivity contribution in [3.63, 3.8) is 0 Å². The molecular weight excluding hydrogens is 378 g/mol. The number of thioether (sulfide) groups is 1. The Morgan fingerprint density at radius 2 is 2.04 bits per heavy atom. The molecule has 0 amide bonds. The number of aliphatic imine (C=N–C) groups is 1. The van der Waals surface area contributed by atoms with E-state index in [4.69, 9.17) is 16.6 Å². The molecule has 1 aliphatic rings. The Morgan fingerprint density at radius 3 is 2.67 bits per heavy atom. The first kappa shape index (κ1) is 20.4. The SMILES string of the molecule is CCC(NCc1ccc(Cl)cc1)C(=NC1CCCCC1)Sc1nncn1C. The lowest BCUT2D eigenvalue weighted by atomic mass is 9.96. The van der Waals surface area contributed by atoms with Crippen molar-refractivity contribution in [3.05, 3.63) is 41.2 Å². The van der Waals surface area contributed by atoms with Crippen molar-refractivity contribution in [2.45, 2.75) is 69.2 Å². The number of hydrogen-bond acceptors (Lipinski definition) is 5. The number of aromatic nitrogens is 3. The van der Waals surface area contributed by atoms with Crippen molar-refractivity contribution in [2.75, 3.05) is 0 Å². The quantitative estimate of drug-likeness (QED) is 0.406. The van der Waals surface area contributed by atoms with Gasteiger partial charge in [0, 0.05) is 18.6 Å². The molecular formula is C20H28ClN5S. The van der Waals surface area contributed by atoms with Crippen LogP contribution in [0.4, 0.5) is 0 Å². The van der Waals surface area contributed by atoms with Gasteiger partial charge < -0.3 is 9.88 Å². The minimum Gasteiger partial charge on any atom is -0.311 e. The van der Waals surface area contributed by atoms with Crippen molar-refractivity contribution in [2.24, 2.45) is 12.0 Å². The van der Waals surface area contributed by atoms with Gasteiger partial charge in [-0.25, -0.2) is 0 Å². The third-order valence-electron chi connectivity index (χ3n) is 4.92. The van der Waals surface area contributed by atoms with Gasteiger partial charge in [0.2, 0.25) is 0 Å². The Balaban J connectivity index is 1.74. The van der Waals surface area contributed by atoms with Gasteiger partial charge >= 0.3 is 0 Å². The standard InChI is InChI=1S/C20H28ClN5S/c1-3-18(22-13-15-9-11-16(21)12-10-15)19(24-17-7-5-4-6-8-17)27-20-25-23-14-26(20)2/h9-12,14,17-18,22H,3-8,13H2,1-2H3. The Morgan fingerprint density at radius 1 is 1.30 bits per heavy atom. The van der Waals surface area contributed by atoms with Gasteiger partial charge in [0.25, 0.3) is 0 Å². The molecule has 1 atom stereocenters. The highest BCUT2D eigenvalue weighted by molar-refractivity contribution is 8.14. The number of hydrogen-bond donors (Lipinski definition) is 1. The summed E-state index contributed by atoms with van der Waals surface area (Å²) in [6.45, 7) is 2.99. The Labute approximate surface area is 171 Å². The largest absolute Gasteiger partial charge is 0.311 e. The zero-order valence-corrected chi connectivity index (χ0v) is 17.6. The van der Waals surface area contributed by atoms with Crippen molar-refractivity contribution < 1.29 is 0 Å². The molecule has 27 heavy (non-hydrogen) atoms. The van der Waals surface area contributed by atoms with E-state index in [1.807, 2.05) is 23.7 Å². The first-order valence-electron chi connectivity index (χ1n) is 9.73. The highest BCUT2D eigenvalue weighted by atomic mass is 35.5. The molecule has 1 N–H and O–H groups in total. The van der Waals surface area contributed by atoms with Crippen LogP contribution in [0.2, 0.25) is 5.02 Å². The molecule has 3 rings (SSSR count). The molecule has 0 saturated heterocycles. The summed E-state index contributed by atoms with van der Waals surface area (Å²) in [5.74, 6) is 0. The number of aryl methyl sites for hydroxylation is 1. The van der Waals surface area contributed by atoms with Crippen molar-refractivity contribution in [1.29, 1.82) is 0 Å². The molecule has 2 aromatic rings. The highest BCUT2D eigenvalue weighted by Gasteiger charge is 2.21. The summed E-state index contributed by atoms with van der Waals surface area (Å²) in [5.41, 5.74) is 1.22. The number of rotatable bonds is 7. The minimum absolute atomic E-state index is 0.198. The molecule has 146 valence electrons. The van der Waals surface area contributed by atoms with E-state index >= 15 is 0 Å². The van der Waals surface area contributed by atoms with Gasteiger partial charge in [-0.15, -0.1) is 10.2 Å². The van der Waals surface area contributed by atoms with Gasteiger partial charge in [0.05, 0.1) is 17.1 Å². The Kier molecular flexibility index (Phi) is 7.73. The number of nitrogens with zero attached hydrogens (tertiary/aromatic N) is 4. The minimum atomic E-state index is 0.198. The molecule has 1 unspecified atom stereocenters. The van der Waals surface area contributed by atoms with Crippen LogP contribution >= 0.6 is 23.4 Å². The highest BCUT2D eigenvalue weighted by Crippen LogP contribution is 2.25. The summed E-state index contributed by atoms with van der Waals surface area (Å²) < 4.78 is 1.95. The summed E-state index contributed by atoms with van der Waals surface area (Å²) >= 11 is 7.64. The fourth-order valence-corrected chi connectivity index (χ4v) is 4.47. The van der Waals surface area contributed by atoms with Gasteiger partial charge in [-0.05, 0) is 48.7 Å². The van der Waals surface area contributed by atoms with Crippen LogP contribution in [0.25, 0.3) is 0 Å². The predicted octanol–water partition coefficient (Wildman–Crippen LogP) is 4.86. The van der Waals surface area contributed by atoms with Crippen molar-refractivity contribution in [1.82, 2.24) is 20.1 Å². The third-order valence-corrected chi connectivity index (χ3v) is 6.33. The molecule has 5 nitrogen and oxygen atoms in total. The molecule has 1 aromatic carbocycles. The maximum atomic E-state index is 6.00. The summed E-state index contributed by atoms with van der Waals surface area (Å²) in [7, 11) is 1.97. The lowest BCUT2D eigenvalue weighted by molar-refractivity contribution is 0.442. The molecule has 0 spiro atoms. The topological polar surface area (TPSA) is 55.1 Å². The maximum Gasteiger partial charge on any atom is 0.196 e. The first-order chi connectivity index (χ1) is 13.2. The predicted molar refractivity (Wildman–Crippen MR) is 114 cm³/mol. The van der Waals surface area contributed by atoms with Crippen LogP contribution in [0, 0.1) is 0 Å². The lowest BCUT2D eigenvalue weighted by Gasteiger charge is -2.23. The van der Waals surface area contributed by atoms with E-state index in [1.165, 1.54) is 37.7 Å².